The summed E-state index contributed by atoms with van der Waals surface area (Å²) in [5.74, 6) is -0.283. The van der Waals surface area contributed by atoms with Crippen LogP contribution in [0.1, 0.15) is 36.3 Å². The quantitative estimate of drug-likeness (QED) is 0.182. The van der Waals surface area contributed by atoms with Gasteiger partial charge in [0.2, 0.25) is 0 Å². The topological polar surface area (TPSA) is 37.4 Å². The molecule has 1 aliphatic heterocycles. The maximum atomic E-state index is 12.7. The van der Waals surface area contributed by atoms with Crippen LogP contribution in [0.2, 0.25) is 0 Å². The predicted molar refractivity (Wildman–Crippen MR) is 129 cm³/mol. The molecule has 0 N–H and O–H groups in total. The molecule has 2 aromatic carbocycles. The van der Waals surface area contributed by atoms with E-state index in [0.717, 1.165) is 25.1 Å². The van der Waals surface area contributed by atoms with Crippen LogP contribution in [0.5, 0.6) is 0 Å². The van der Waals surface area contributed by atoms with E-state index in [1.54, 1.807) is 36.9 Å². The molecule has 0 saturated heterocycles. The molecule has 2 aliphatic carbocycles. The Hall–Kier alpha value is -2.14. The van der Waals surface area contributed by atoms with E-state index < -0.39 is 0 Å². The third-order valence-corrected chi connectivity index (χ3v) is 14.9. The minimum atomic E-state index is -0.243. The second kappa shape index (κ2) is 7.18. The number of Topliss-reactive ketones (excluding diaryl/α,β-unsaturated/α-hetero) is 2. The van der Waals surface area contributed by atoms with E-state index in [-0.39, 0.29) is 52.4 Å². The molecule has 0 atom stereocenters. The van der Waals surface area contributed by atoms with Gasteiger partial charge in [0.05, 0.1) is 0 Å². The second-order valence-corrected chi connectivity index (χ2v) is 14.6. The first-order valence-corrected chi connectivity index (χ1v) is 15.3. The normalized spacial score (nSPS) is 17.4. The summed E-state index contributed by atoms with van der Waals surface area (Å²) >= 11 is -0.478. The SMILES string of the molecule is O=C1C(=CC2=CC=C(N3Cc4[te]c5c([te]c6ccccc65)c4C3)C2)C(=O)c2ccccc21. The number of hydrogen-bond donors (Lipinski definition) is 0. The van der Waals surface area contributed by atoms with Crippen molar-refractivity contribution in [3.63, 3.8) is 0 Å². The molecule has 0 radical (unpaired) electrons. The number of hydrogen-bond acceptors (Lipinski definition) is 3. The van der Waals surface area contributed by atoms with Crippen molar-refractivity contribution in [2.24, 2.45) is 0 Å². The van der Waals surface area contributed by atoms with Gasteiger partial charge in [0, 0.05) is 0 Å². The molecule has 3 nitrogen and oxygen atoms in total. The summed E-state index contributed by atoms with van der Waals surface area (Å²) < 4.78 is 6.83. The molecule has 2 aromatic heterocycles. The molecule has 4 aromatic rings. The summed E-state index contributed by atoms with van der Waals surface area (Å²) in [6.07, 6.45) is 6.88. The van der Waals surface area contributed by atoms with E-state index in [4.69, 9.17) is 0 Å². The van der Waals surface area contributed by atoms with Crippen LogP contribution in [-0.4, -0.2) is 57.3 Å². The Bertz CT molecular complexity index is 1560. The van der Waals surface area contributed by atoms with Gasteiger partial charge in [0.25, 0.3) is 0 Å². The second-order valence-electron chi connectivity index (χ2n) is 8.45. The fraction of sp³-hybridized carbons (Fsp3) is 0.111. The van der Waals surface area contributed by atoms with Crippen molar-refractivity contribution in [2.45, 2.75) is 19.5 Å². The van der Waals surface area contributed by atoms with Crippen molar-refractivity contribution < 1.29 is 9.59 Å². The number of benzene rings is 2. The third-order valence-electron chi connectivity index (χ3n) is 6.59. The Morgan fingerprint density at radius 2 is 1.56 bits per heavy atom. The van der Waals surface area contributed by atoms with Crippen LogP contribution >= 0.6 is 0 Å². The summed E-state index contributed by atoms with van der Waals surface area (Å²) in [6, 6.07) is 16.2. The van der Waals surface area contributed by atoms with Crippen molar-refractivity contribution >= 4 is 68.0 Å². The van der Waals surface area contributed by atoms with Gasteiger partial charge in [-0.3, -0.25) is 0 Å². The van der Waals surface area contributed by atoms with Crippen LogP contribution in [0.25, 0.3) is 15.6 Å². The first kappa shape index (κ1) is 19.3. The summed E-state index contributed by atoms with van der Waals surface area (Å²) in [4.78, 5) is 28.0. The van der Waals surface area contributed by atoms with Gasteiger partial charge in [-0.2, -0.15) is 0 Å². The molecular formula is C27H17NO2Te2. The monoisotopic (exact) mass is 647 g/mol. The van der Waals surface area contributed by atoms with Gasteiger partial charge in [0.1, 0.15) is 0 Å². The van der Waals surface area contributed by atoms with Crippen LogP contribution in [-0.2, 0) is 13.1 Å². The molecule has 7 rings (SSSR count). The van der Waals surface area contributed by atoms with Gasteiger partial charge in [0.15, 0.2) is 0 Å². The summed E-state index contributed by atoms with van der Waals surface area (Å²) in [6.45, 7) is 2.09. The molecule has 154 valence electrons. The number of fused-ring (bicyclic) bond motifs is 6. The number of rotatable bonds is 2. The van der Waals surface area contributed by atoms with Crippen LogP contribution in [0.4, 0.5) is 0 Å². The number of allylic oxidation sites excluding steroid dienone is 5. The molecule has 0 unspecified atom stereocenters. The van der Waals surface area contributed by atoms with E-state index in [1.165, 1.54) is 5.70 Å². The fourth-order valence-electron chi connectivity index (χ4n) is 4.98. The zero-order valence-corrected chi connectivity index (χ0v) is 21.7. The molecule has 5 heteroatoms. The molecule has 0 fully saturated rings. The van der Waals surface area contributed by atoms with Crippen LogP contribution in [0, 0.1) is 0 Å². The molecule has 3 heterocycles. The molecule has 32 heavy (non-hydrogen) atoms. The summed E-state index contributed by atoms with van der Waals surface area (Å²) in [5, 5.41) is 1.57. The molecule has 0 amide bonds. The number of ketones is 2. The zero-order chi connectivity index (χ0) is 21.4. The van der Waals surface area contributed by atoms with Gasteiger partial charge in [-0.05, 0) is 0 Å². The summed E-state index contributed by atoms with van der Waals surface area (Å²) in [7, 11) is 0. The molecule has 0 spiro atoms. The average Bonchev–Trinajstić information content (AvgIpc) is 3.60. The van der Waals surface area contributed by atoms with Crippen molar-refractivity contribution in [1.82, 2.24) is 4.90 Å². The van der Waals surface area contributed by atoms with Gasteiger partial charge in [-0.25, -0.2) is 0 Å². The standard InChI is InChI=1S/C27H17NO2Te2/c29-24-17-5-1-2-6-18(17)25(30)20(24)12-15-9-10-16(11-15)28-13-21-23(14-28)32-26-19-7-3-4-8-22(19)31-27(21)26/h1-10,12H,11,13-14H2. The first-order valence-electron chi connectivity index (χ1n) is 10.6. The van der Waals surface area contributed by atoms with E-state index >= 15 is 0 Å². The number of nitrogens with zero attached hydrogens (tertiary/aromatic N) is 1. The number of carbonyl (C=O) groups excluding carboxylic acids is 2. The Balaban J connectivity index is 1.12. The predicted octanol–water partition coefficient (Wildman–Crippen LogP) is 4.64. The maximum absolute atomic E-state index is 12.7. The van der Waals surface area contributed by atoms with Gasteiger partial charge in [-0.1, -0.05) is 0 Å². The Morgan fingerprint density at radius 1 is 0.812 bits per heavy atom. The fourth-order valence-corrected chi connectivity index (χ4v) is 14.7. The van der Waals surface area contributed by atoms with Crippen molar-refractivity contribution in [1.29, 1.82) is 0 Å². The molecule has 3 aliphatic rings. The minimum absolute atomic E-state index is 0.141. The molecule has 0 saturated carbocycles. The number of carbonyl (C=O) groups is 2. The molecule has 0 bridgehead atoms. The van der Waals surface area contributed by atoms with Crippen LogP contribution < -0.4 is 0 Å². The van der Waals surface area contributed by atoms with Crippen molar-refractivity contribution in [3.05, 3.63) is 104 Å². The average molecular weight is 643 g/mol. The summed E-state index contributed by atoms with van der Waals surface area (Å²) in [5.41, 5.74) is 5.40. The van der Waals surface area contributed by atoms with Gasteiger partial charge < -0.3 is 0 Å². The van der Waals surface area contributed by atoms with Crippen molar-refractivity contribution in [2.75, 3.05) is 0 Å². The van der Waals surface area contributed by atoms with E-state index in [1.807, 2.05) is 18.2 Å². The van der Waals surface area contributed by atoms with E-state index in [0.29, 0.717) is 16.7 Å². The first-order chi connectivity index (χ1) is 15.7. The Labute approximate surface area is 204 Å². The van der Waals surface area contributed by atoms with Crippen molar-refractivity contribution in [3.8, 4) is 0 Å². The third kappa shape index (κ3) is 2.79. The van der Waals surface area contributed by atoms with Gasteiger partial charge >= 0.3 is 206 Å². The van der Waals surface area contributed by atoms with Crippen LogP contribution in [0.15, 0.2) is 83.6 Å². The molecular weight excluding hydrogens is 626 g/mol. The van der Waals surface area contributed by atoms with Crippen LogP contribution in [0.3, 0.4) is 0 Å². The van der Waals surface area contributed by atoms with Gasteiger partial charge in [-0.15, -0.1) is 0 Å². The Kier molecular flexibility index (Phi) is 4.34. The van der Waals surface area contributed by atoms with E-state index in [9.17, 15) is 9.59 Å². The van der Waals surface area contributed by atoms with E-state index in [2.05, 4.69) is 41.3 Å². The Morgan fingerprint density at radius 3 is 2.38 bits per heavy atom. The zero-order valence-electron chi connectivity index (χ0n) is 17.1.